The zero-order valence-electron chi connectivity index (χ0n) is 16.2. The van der Waals surface area contributed by atoms with Crippen molar-refractivity contribution in [2.75, 3.05) is 6.54 Å². The second-order valence-electron chi connectivity index (χ2n) is 6.76. The van der Waals surface area contributed by atoms with Crippen molar-refractivity contribution in [3.8, 4) is 11.3 Å². The lowest BCUT2D eigenvalue weighted by molar-refractivity contribution is 0.0897. The largest absolute Gasteiger partial charge is 0.345 e. The minimum absolute atomic E-state index is 0.135. The highest BCUT2D eigenvalue weighted by molar-refractivity contribution is 6.06. The Morgan fingerprint density at radius 2 is 1.89 bits per heavy atom. The van der Waals surface area contributed by atoms with E-state index in [1.54, 1.807) is 6.20 Å². The van der Waals surface area contributed by atoms with Gasteiger partial charge in [-0.15, -0.1) is 0 Å². The fourth-order valence-corrected chi connectivity index (χ4v) is 3.30. The quantitative estimate of drug-likeness (QED) is 0.672. The molecule has 3 aromatic rings. The van der Waals surface area contributed by atoms with Crippen molar-refractivity contribution >= 4 is 16.9 Å². The Labute approximate surface area is 159 Å². The summed E-state index contributed by atoms with van der Waals surface area (Å²) in [7, 11) is 0. The van der Waals surface area contributed by atoms with Crippen LogP contribution in [0.15, 0.2) is 42.6 Å². The Morgan fingerprint density at radius 1 is 1.19 bits per heavy atom. The van der Waals surface area contributed by atoms with E-state index in [0.29, 0.717) is 18.7 Å². The number of hydrogen-bond donors (Lipinski definition) is 2. The van der Waals surface area contributed by atoms with Gasteiger partial charge in [0.05, 0.1) is 28.4 Å². The molecule has 1 aromatic carbocycles. The lowest BCUT2D eigenvalue weighted by Gasteiger charge is -2.31. The summed E-state index contributed by atoms with van der Waals surface area (Å²) in [6.07, 6.45) is 3.27. The summed E-state index contributed by atoms with van der Waals surface area (Å²) in [5.74, 6) is -0.135. The Bertz CT molecular complexity index is 920. The molecule has 0 atom stereocenters. The molecule has 0 saturated heterocycles. The number of pyridine rings is 1. The molecule has 0 radical (unpaired) electrons. The zero-order chi connectivity index (χ0) is 19.4. The fraction of sp³-hybridized carbons (Fsp3) is 0.381. The minimum atomic E-state index is -0.402. The highest BCUT2D eigenvalue weighted by Gasteiger charge is 2.28. The van der Waals surface area contributed by atoms with E-state index in [4.69, 9.17) is 10.7 Å². The molecule has 2 heterocycles. The first-order chi connectivity index (χ1) is 13.1. The van der Waals surface area contributed by atoms with Crippen LogP contribution in [0.5, 0.6) is 0 Å². The summed E-state index contributed by atoms with van der Waals surface area (Å²) < 4.78 is 1.81. The molecule has 0 aliphatic rings. The van der Waals surface area contributed by atoms with Gasteiger partial charge in [-0.3, -0.25) is 4.79 Å². The second-order valence-corrected chi connectivity index (χ2v) is 6.76. The molecule has 0 bridgehead atoms. The average molecular weight is 365 g/mol. The predicted octanol–water partition coefficient (Wildman–Crippen LogP) is 3.37. The van der Waals surface area contributed by atoms with Gasteiger partial charge in [-0.1, -0.05) is 44.2 Å². The first-order valence-electron chi connectivity index (χ1n) is 9.52. The molecule has 3 N–H and O–H groups in total. The van der Waals surface area contributed by atoms with Crippen LogP contribution in [-0.2, 0) is 6.54 Å². The fourth-order valence-electron chi connectivity index (χ4n) is 3.30. The first kappa shape index (κ1) is 19.0. The monoisotopic (exact) mass is 365 g/mol. The van der Waals surface area contributed by atoms with E-state index in [9.17, 15) is 4.79 Å². The number of benzene rings is 1. The molecule has 0 saturated carbocycles. The number of carbonyl (C=O) groups is 1. The molecule has 27 heavy (non-hydrogen) atoms. The normalized spacial score (nSPS) is 11.7. The highest BCUT2D eigenvalue weighted by atomic mass is 16.1. The van der Waals surface area contributed by atoms with Crippen LogP contribution in [0.2, 0.25) is 0 Å². The van der Waals surface area contributed by atoms with Crippen molar-refractivity contribution in [2.24, 2.45) is 5.73 Å². The molecule has 0 aliphatic carbocycles. The van der Waals surface area contributed by atoms with E-state index < -0.39 is 5.54 Å². The van der Waals surface area contributed by atoms with Gasteiger partial charge in [0.2, 0.25) is 0 Å². The van der Waals surface area contributed by atoms with Crippen molar-refractivity contribution in [2.45, 2.75) is 45.7 Å². The Kier molecular flexibility index (Phi) is 5.56. The molecule has 1 amide bonds. The lowest BCUT2D eigenvalue weighted by atomic mass is 9.92. The molecule has 6 nitrogen and oxygen atoms in total. The predicted molar refractivity (Wildman–Crippen MR) is 108 cm³/mol. The van der Waals surface area contributed by atoms with Crippen molar-refractivity contribution in [3.05, 3.63) is 48.2 Å². The number of hydrogen-bond acceptors (Lipinski definition) is 4. The minimum Gasteiger partial charge on any atom is -0.345 e. The van der Waals surface area contributed by atoms with Crippen molar-refractivity contribution in [1.82, 2.24) is 20.1 Å². The van der Waals surface area contributed by atoms with Crippen LogP contribution in [0.4, 0.5) is 0 Å². The zero-order valence-corrected chi connectivity index (χ0v) is 16.2. The summed E-state index contributed by atoms with van der Waals surface area (Å²) in [5.41, 5.74) is 8.59. The molecule has 0 spiro atoms. The summed E-state index contributed by atoms with van der Waals surface area (Å²) >= 11 is 0. The van der Waals surface area contributed by atoms with Gasteiger partial charge >= 0.3 is 0 Å². The van der Waals surface area contributed by atoms with Crippen LogP contribution in [0.25, 0.3) is 22.3 Å². The highest BCUT2D eigenvalue weighted by Crippen LogP contribution is 2.26. The smallest absolute Gasteiger partial charge is 0.252 e. The number of rotatable bonds is 7. The van der Waals surface area contributed by atoms with Crippen molar-refractivity contribution in [3.63, 3.8) is 0 Å². The molecule has 0 aliphatic heterocycles. The maximum Gasteiger partial charge on any atom is 0.252 e. The topological polar surface area (TPSA) is 85.8 Å². The van der Waals surface area contributed by atoms with E-state index in [0.717, 1.165) is 35.1 Å². The number of nitrogens with two attached hydrogens (primary N) is 1. The molecule has 0 fully saturated rings. The van der Waals surface area contributed by atoms with Crippen LogP contribution in [0.3, 0.4) is 0 Å². The van der Waals surface area contributed by atoms with Crippen molar-refractivity contribution < 1.29 is 4.79 Å². The van der Waals surface area contributed by atoms with Gasteiger partial charge in [-0.05, 0) is 25.8 Å². The van der Waals surface area contributed by atoms with Gasteiger partial charge in [0, 0.05) is 18.7 Å². The molecule has 6 heteroatoms. The van der Waals surface area contributed by atoms with Crippen LogP contribution in [-0.4, -0.2) is 32.8 Å². The Balaban J connectivity index is 2.13. The maximum absolute atomic E-state index is 13.2. The van der Waals surface area contributed by atoms with Crippen molar-refractivity contribution in [1.29, 1.82) is 0 Å². The van der Waals surface area contributed by atoms with Gasteiger partial charge in [-0.25, -0.2) is 9.67 Å². The lowest BCUT2D eigenvalue weighted by Crippen LogP contribution is -2.52. The summed E-state index contributed by atoms with van der Waals surface area (Å²) in [5, 5.41) is 8.32. The summed E-state index contributed by atoms with van der Waals surface area (Å²) in [6, 6.07) is 11.7. The van der Waals surface area contributed by atoms with Gasteiger partial charge < -0.3 is 11.1 Å². The van der Waals surface area contributed by atoms with E-state index >= 15 is 0 Å². The van der Waals surface area contributed by atoms with Gasteiger partial charge in [0.15, 0.2) is 5.65 Å². The van der Waals surface area contributed by atoms with Gasteiger partial charge in [0.1, 0.15) is 0 Å². The SMILES string of the molecule is CCn1ncc2c(C(=O)NC(CC)(CC)CN)cc(-c3ccccc3)nc21. The average Bonchev–Trinajstić information content (AvgIpc) is 3.15. The number of aromatic nitrogens is 3. The number of nitrogens with zero attached hydrogens (tertiary/aromatic N) is 3. The summed E-state index contributed by atoms with van der Waals surface area (Å²) in [6.45, 7) is 7.19. The number of carbonyl (C=O) groups excluding carboxylic acids is 1. The Hall–Kier alpha value is -2.73. The number of nitrogens with one attached hydrogen (secondary N) is 1. The molecule has 3 rings (SSSR count). The second kappa shape index (κ2) is 7.88. The number of amides is 1. The maximum atomic E-state index is 13.2. The molecular formula is C21H27N5O. The Morgan fingerprint density at radius 3 is 2.48 bits per heavy atom. The standard InChI is InChI=1S/C21H27N5O/c1-4-21(5-2,14-22)25-20(27)16-12-18(15-10-8-7-9-11-15)24-19-17(16)13-23-26(19)6-3/h7-13H,4-6,14,22H2,1-3H3,(H,25,27). The van der Waals surface area contributed by atoms with Crippen LogP contribution in [0, 0.1) is 0 Å². The third-order valence-corrected chi connectivity index (χ3v) is 5.35. The van der Waals surface area contributed by atoms with E-state index in [2.05, 4.69) is 10.4 Å². The summed E-state index contributed by atoms with van der Waals surface area (Å²) in [4.78, 5) is 18.0. The molecular weight excluding hydrogens is 338 g/mol. The van der Waals surface area contributed by atoms with Crippen LogP contribution < -0.4 is 11.1 Å². The number of aryl methyl sites for hydroxylation is 1. The van der Waals surface area contributed by atoms with E-state index in [1.165, 1.54) is 0 Å². The van der Waals surface area contributed by atoms with E-state index in [-0.39, 0.29) is 5.91 Å². The van der Waals surface area contributed by atoms with Crippen LogP contribution >= 0.6 is 0 Å². The third kappa shape index (κ3) is 3.57. The molecule has 0 unspecified atom stereocenters. The van der Waals surface area contributed by atoms with E-state index in [1.807, 2.05) is 61.9 Å². The van der Waals surface area contributed by atoms with Gasteiger partial charge in [-0.2, -0.15) is 5.10 Å². The molecule has 142 valence electrons. The van der Waals surface area contributed by atoms with Crippen LogP contribution in [0.1, 0.15) is 44.0 Å². The third-order valence-electron chi connectivity index (χ3n) is 5.35. The van der Waals surface area contributed by atoms with Gasteiger partial charge in [0.25, 0.3) is 5.91 Å². The number of fused-ring (bicyclic) bond motifs is 1. The first-order valence-corrected chi connectivity index (χ1v) is 9.52. The molecule has 2 aromatic heterocycles.